The zero-order valence-electron chi connectivity index (χ0n) is 11.1. The number of hydrogen-bond donors (Lipinski definition) is 1. The maximum absolute atomic E-state index is 6.15. The van der Waals surface area contributed by atoms with Crippen LogP contribution in [0.25, 0.3) is 0 Å². The summed E-state index contributed by atoms with van der Waals surface area (Å²) in [5, 5.41) is 6.69. The molecule has 0 aliphatic rings. The van der Waals surface area contributed by atoms with Crippen molar-refractivity contribution in [3.8, 4) is 0 Å². The van der Waals surface area contributed by atoms with E-state index >= 15 is 0 Å². The molecular weight excluding hydrogens is 244 g/mol. The van der Waals surface area contributed by atoms with E-state index < -0.39 is 0 Å². The van der Waals surface area contributed by atoms with E-state index in [1.165, 1.54) is 4.88 Å². The fourth-order valence-electron chi connectivity index (χ4n) is 2.08. The van der Waals surface area contributed by atoms with E-state index in [2.05, 4.69) is 41.4 Å². The summed E-state index contributed by atoms with van der Waals surface area (Å²) in [6.45, 7) is 6.20. The van der Waals surface area contributed by atoms with Gasteiger partial charge in [-0.3, -0.25) is 0 Å². The van der Waals surface area contributed by atoms with Crippen molar-refractivity contribution >= 4 is 11.3 Å². The molecule has 2 unspecified atom stereocenters. The molecule has 0 spiro atoms. The quantitative estimate of drug-likeness (QED) is 0.902. The van der Waals surface area contributed by atoms with Gasteiger partial charge in [0.05, 0.1) is 0 Å². The first-order valence-corrected chi connectivity index (χ1v) is 7.28. The predicted molar refractivity (Wildman–Crippen MR) is 74.9 cm³/mol. The van der Waals surface area contributed by atoms with Gasteiger partial charge in [0.1, 0.15) is 11.9 Å². The number of nitrogens with zero attached hydrogens (tertiary/aromatic N) is 3. The summed E-state index contributed by atoms with van der Waals surface area (Å²) in [7, 11) is 0. The molecule has 2 rings (SSSR count). The molecule has 2 atom stereocenters. The molecular formula is C13H20N4S. The molecule has 0 saturated heterocycles. The lowest BCUT2D eigenvalue weighted by atomic mass is 10.1. The molecule has 0 aliphatic heterocycles. The third kappa shape index (κ3) is 2.47. The SMILES string of the molecule is CCc1nc(CC)n(C(c2cccs2)C(C)N)n1. The fourth-order valence-corrected chi connectivity index (χ4v) is 3.01. The Labute approximate surface area is 112 Å². The van der Waals surface area contributed by atoms with Crippen LogP contribution in [0.1, 0.15) is 43.3 Å². The minimum absolute atomic E-state index is 0.0142. The van der Waals surface area contributed by atoms with Crippen LogP contribution in [-0.4, -0.2) is 20.8 Å². The first kappa shape index (κ1) is 13.2. The van der Waals surface area contributed by atoms with Crippen LogP contribution in [0, 0.1) is 0 Å². The van der Waals surface area contributed by atoms with Crippen molar-refractivity contribution in [3.05, 3.63) is 34.0 Å². The van der Waals surface area contributed by atoms with Gasteiger partial charge in [0.15, 0.2) is 5.82 Å². The minimum Gasteiger partial charge on any atom is -0.326 e. The van der Waals surface area contributed by atoms with E-state index in [0.717, 1.165) is 24.5 Å². The van der Waals surface area contributed by atoms with Crippen LogP contribution in [0.5, 0.6) is 0 Å². The van der Waals surface area contributed by atoms with E-state index in [1.807, 2.05) is 11.6 Å². The van der Waals surface area contributed by atoms with Gasteiger partial charge in [-0.1, -0.05) is 19.9 Å². The van der Waals surface area contributed by atoms with Crippen molar-refractivity contribution in [2.24, 2.45) is 5.73 Å². The Bertz CT molecular complexity index is 487. The smallest absolute Gasteiger partial charge is 0.150 e. The number of aryl methyl sites for hydroxylation is 2. The molecule has 98 valence electrons. The largest absolute Gasteiger partial charge is 0.326 e. The van der Waals surface area contributed by atoms with Crippen LogP contribution in [0.2, 0.25) is 0 Å². The lowest BCUT2D eigenvalue weighted by molar-refractivity contribution is 0.442. The van der Waals surface area contributed by atoms with E-state index in [4.69, 9.17) is 5.73 Å². The number of nitrogens with two attached hydrogens (primary N) is 1. The predicted octanol–water partition coefficient (Wildman–Crippen LogP) is 2.40. The van der Waals surface area contributed by atoms with E-state index in [-0.39, 0.29) is 12.1 Å². The summed E-state index contributed by atoms with van der Waals surface area (Å²) in [5.41, 5.74) is 6.15. The van der Waals surface area contributed by atoms with Crippen LogP contribution in [0.4, 0.5) is 0 Å². The Morgan fingerprint density at radius 2 is 2.17 bits per heavy atom. The fraction of sp³-hybridized carbons (Fsp3) is 0.538. The van der Waals surface area contributed by atoms with Crippen molar-refractivity contribution in [1.82, 2.24) is 14.8 Å². The Morgan fingerprint density at radius 1 is 1.39 bits per heavy atom. The molecule has 0 aliphatic carbocycles. The zero-order chi connectivity index (χ0) is 13.1. The molecule has 0 fully saturated rings. The second-order valence-corrected chi connectivity index (χ2v) is 5.39. The summed E-state index contributed by atoms with van der Waals surface area (Å²) in [6.07, 6.45) is 1.73. The third-order valence-corrected chi connectivity index (χ3v) is 3.92. The van der Waals surface area contributed by atoms with Gasteiger partial charge in [0.25, 0.3) is 0 Å². The van der Waals surface area contributed by atoms with Gasteiger partial charge >= 0.3 is 0 Å². The number of rotatable bonds is 5. The normalized spacial score (nSPS) is 14.7. The third-order valence-electron chi connectivity index (χ3n) is 2.97. The van der Waals surface area contributed by atoms with Crippen molar-refractivity contribution in [2.45, 2.75) is 45.7 Å². The highest BCUT2D eigenvalue weighted by molar-refractivity contribution is 7.10. The van der Waals surface area contributed by atoms with Crippen LogP contribution in [-0.2, 0) is 12.8 Å². The average Bonchev–Trinajstić information content (AvgIpc) is 2.98. The second-order valence-electron chi connectivity index (χ2n) is 4.42. The topological polar surface area (TPSA) is 56.7 Å². The molecule has 0 aromatic carbocycles. The maximum atomic E-state index is 6.15. The molecule has 0 radical (unpaired) electrons. The van der Waals surface area contributed by atoms with Gasteiger partial charge in [-0.25, -0.2) is 9.67 Å². The molecule has 4 nitrogen and oxygen atoms in total. The van der Waals surface area contributed by atoms with Crippen LogP contribution < -0.4 is 5.73 Å². The van der Waals surface area contributed by atoms with E-state index in [9.17, 15) is 0 Å². The van der Waals surface area contributed by atoms with Gasteiger partial charge in [0.2, 0.25) is 0 Å². The molecule has 2 aromatic rings. The van der Waals surface area contributed by atoms with Crippen LogP contribution in [0.15, 0.2) is 17.5 Å². The van der Waals surface area contributed by atoms with Crippen LogP contribution >= 0.6 is 11.3 Å². The summed E-state index contributed by atoms with van der Waals surface area (Å²) in [5.74, 6) is 1.91. The van der Waals surface area contributed by atoms with Crippen molar-refractivity contribution in [1.29, 1.82) is 0 Å². The van der Waals surface area contributed by atoms with Crippen molar-refractivity contribution in [3.63, 3.8) is 0 Å². The van der Waals surface area contributed by atoms with Gasteiger partial charge < -0.3 is 5.73 Å². The summed E-state index contributed by atoms with van der Waals surface area (Å²) < 4.78 is 2.01. The van der Waals surface area contributed by atoms with Gasteiger partial charge in [0, 0.05) is 23.8 Å². The first-order chi connectivity index (χ1) is 8.67. The van der Waals surface area contributed by atoms with E-state index in [0.29, 0.717) is 0 Å². The highest BCUT2D eigenvalue weighted by Crippen LogP contribution is 2.26. The van der Waals surface area contributed by atoms with Gasteiger partial charge in [-0.15, -0.1) is 11.3 Å². The molecule has 18 heavy (non-hydrogen) atoms. The maximum Gasteiger partial charge on any atom is 0.150 e. The number of hydrogen-bond acceptors (Lipinski definition) is 4. The number of aromatic nitrogens is 3. The Hall–Kier alpha value is -1.20. The van der Waals surface area contributed by atoms with Crippen molar-refractivity contribution in [2.75, 3.05) is 0 Å². The highest BCUT2D eigenvalue weighted by Gasteiger charge is 2.23. The molecule has 2 N–H and O–H groups in total. The standard InChI is InChI=1S/C13H20N4S/c1-4-11-15-12(5-2)17(16-11)13(9(3)14)10-7-6-8-18-10/h6-9,13H,4-5,14H2,1-3H3. The summed E-state index contributed by atoms with van der Waals surface area (Å²) >= 11 is 1.72. The number of thiophene rings is 1. The lowest BCUT2D eigenvalue weighted by Crippen LogP contribution is -2.31. The van der Waals surface area contributed by atoms with Crippen molar-refractivity contribution < 1.29 is 0 Å². The lowest BCUT2D eigenvalue weighted by Gasteiger charge is -2.21. The minimum atomic E-state index is 0.0142. The Kier molecular flexibility index (Phi) is 4.14. The van der Waals surface area contributed by atoms with E-state index in [1.54, 1.807) is 11.3 Å². The first-order valence-electron chi connectivity index (χ1n) is 6.40. The molecule has 0 bridgehead atoms. The Balaban J connectivity index is 2.45. The zero-order valence-corrected chi connectivity index (χ0v) is 11.9. The molecule has 0 amide bonds. The summed E-state index contributed by atoms with van der Waals surface area (Å²) in [4.78, 5) is 5.80. The molecule has 5 heteroatoms. The van der Waals surface area contributed by atoms with Crippen LogP contribution in [0.3, 0.4) is 0 Å². The van der Waals surface area contributed by atoms with Gasteiger partial charge in [-0.2, -0.15) is 5.10 Å². The molecule has 0 saturated carbocycles. The monoisotopic (exact) mass is 264 g/mol. The molecule has 2 aromatic heterocycles. The van der Waals surface area contributed by atoms with Gasteiger partial charge in [-0.05, 0) is 18.4 Å². The Morgan fingerprint density at radius 3 is 2.67 bits per heavy atom. The highest BCUT2D eigenvalue weighted by atomic mass is 32.1. The average molecular weight is 264 g/mol. The summed E-state index contributed by atoms with van der Waals surface area (Å²) in [6, 6.07) is 4.28. The molecule has 2 heterocycles. The second kappa shape index (κ2) is 5.63.